The fourth-order valence-electron chi connectivity index (χ4n) is 1.56. The third-order valence-electron chi connectivity index (χ3n) is 2.49. The van der Waals surface area contributed by atoms with Crippen molar-refractivity contribution in [1.29, 1.82) is 0 Å². The quantitative estimate of drug-likeness (QED) is 0.696. The van der Waals surface area contributed by atoms with Gasteiger partial charge in [-0.1, -0.05) is 13.8 Å². The Hall–Kier alpha value is -0.120. The molecular formula is C11H26N2O. The van der Waals surface area contributed by atoms with Crippen molar-refractivity contribution in [2.24, 2.45) is 0 Å². The molecule has 86 valence electrons. The van der Waals surface area contributed by atoms with Gasteiger partial charge in [0.2, 0.25) is 0 Å². The van der Waals surface area contributed by atoms with Gasteiger partial charge in [0.05, 0.1) is 13.2 Å². The van der Waals surface area contributed by atoms with Gasteiger partial charge in [0.1, 0.15) is 0 Å². The van der Waals surface area contributed by atoms with E-state index in [2.05, 4.69) is 17.3 Å². The lowest BCUT2D eigenvalue weighted by Gasteiger charge is -2.32. The summed E-state index contributed by atoms with van der Waals surface area (Å²) in [7, 11) is 4.19. The topological polar surface area (TPSA) is 24.5 Å². The second kappa shape index (κ2) is 9.44. The van der Waals surface area contributed by atoms with Crippen LogP contribution < -0.4 is 5.32 Å². The monoisotopic (exact) mass is 202 g/mol. The van der Waals surface area contributed by atoms with Crippen molar-refractivity contribution in [1.82, 2.24) is 10.2 Å². The van der Waals surface area contributed by atoms with Crippen LogP contribution in [0, 0.1) is 0 Å². The van der Waals surface area contributed by atoms with E-state index in [-0.39, 0.29) is 0 Å². The van der Waals surface area contributed by atoms with Gasteiger partial charge < -0.3 is 10.1 Å². The van der Waals surface area contributed by atoms with Crippen molar-refractivity contribution in [3.63, 3.8) is 0 Å². The molecular weight excluding hydrogens is 176 g/mol. The van der Waals surface area contributed by atoms with Crippen LogP contribution in [-0.2, 0) is 4.74 Å². The molecule has 14 heavy (non-hydrogen) atoms. The van der Waals surface area contributed by atoms with Gasteiger partial charge in [0.15, 0.2) is 0 Å². The van der Waals surface area contributed by atoms with E-state index in [0.29, 0.717) is 6.04 Å². The van der Waals surface area contributed by atoms with E-state index >= 15 is 0 Å². The van der Waals surface area contributed by atoms with Crippen molar-refractivity contribution in [2.75, 3.05) is 40.4 Å². The van der Waals surface area contributed by atoms with Crippen LogP contribution in [0.3, 0.4) is 0 Å². The highest BCUT2D eigenvalue weighted by molar-refractivity contribution is 4.72. The van der Waals surface area contributed by atoms with Crippen LogP contribution in [0.1, 0.15) is 26.7 Å². The summed E-state index contributed by atoms with van der Waals surface area (Å²) in [5.74, 6) is 0. The third-order valence-corrected chi connectivity index (χ3v) is 2.49. The zero-order valence-corrected chi connectivity index (χ0v) is 10.2. The molecule has 0 aromatic carbocycles. The number of nitrogens with zero attached hydrogens (tertiary/aromatic N) is 1. The molecule has 0 aromatic heterocycles. The second-order valence-electron chi connectivity index (χ2n) is 3.46. The van der Waals surface area contributed by atoms with Gasteiger partial charge in [0.25, 0.3) is 0 Å². The van der Waals surface area contributed by atoms with Gasteiger partial charge in [-0.05, 0) is 33.5 Å². The van der Waals surface area contributed by atoms with E-state index < -0.39 is 0 Å². The molecule has 0 amide bonds. The molecule has 1 atom stereocenters. The molecule has 1 rings (SSSR count). The highest BCUT2D eigenvalue weighted by atomic mass is 16.5. The molecule has 1 fully saturated rings. The summed E-state index contributed by atoms with van der Waals surface area (Å²) >= 11 is 0. The van der Waals surface area contributed by atoms with Crippen LogP contribution in [0.25, 0.3) is 0 Å². The van der Waals surface area contributed by atoms with Crippen molar-refractivity contribution in [3.8, 4) is 0 Å². The van der Waals surface area contributed by atoms with E-state index in [9.17, 15) is 0 Å². The van der Waals surface area contributed by atoms with E-state index in [1.54, 1.807) is 0 Å². The maximum Gasteiger partial charge on any atom is 0.0622 e. The van der Waals surface area contributed by atoms with Gasteiger partial charge in [0, 0.05) is 12.6 Å². The lowest BCUT2D eigenvalue weighted by molar-refractivity contribution is 0.00241. The summed E-state index contributed by atoms with van der Waals surface area (Å²) in [5.41, 5.74) is 0. The maximum absolute atomic E-state index is 5.42. The molecule has 1 aliphatic rings. The third kappa shape index (κ3) is 5.58. The number of likely N-dealkylation sites (N-methyl/N-ethyl adjacent to an activating group) is 1. The Balaban J connectivity index is 0.000000791. The Morgan fingerprint density at radius 3 is 2.71 bits per heavy atom. The minimum absolute atomic E-state index is 0.645. The molecule has 0 aromatic rings. The number of rotatable bonds is 4. The highest BCUT2D eigenvalue weighted by Gasteiger charge is 2.18. The summed E-state index contributed by atoms with van der Waals surface area (Å²) in [5, 5.41) is 3.16. The fraction of sp³-hybridized carbons (Fsp3) is 1.00. The predicted molar refractivity (Wildman–Crippen MR) is 61.7 cm³/mol. The molecule has 3 heteroatoms. The summed E-state index contributed by atoms with van der Waals surface area (Å²) in [6, 6.07) is 0.645. The van der Waals surface area contributed by atoms with Gasteiger partial charge in [-0.25, -0.2) is 0 Å². The van der Waals surface area contributed by atoms with Crippen LogP contribution in [0.4, 0.5) is 0 Å². The van der Waals surface area contributed by atoms with E-state index in [4.69, 9.17) is 4.74 Å². The van der Waals surface area contributed by atoms with Crippen molar-refractivity contribution >= 4 is 0 Å². The molecule has 1 aliphatic heterocycles. The lowest BCUT2D eigenvalue weighted by Crippen LogP contribution is -2.42. The average Bonchev–Trinajstić information content (AvgIpc) is 2.24. The number of morpholine rings is 1. The van der Waals surface area contributed by atoms with Gasteiger partial charge in [-0.3, -0.25) is 4.90 Å². The summed E-state index contributed by atoms with van der Waals surface area (Å²) in [4.78, 5) is 2.40. The number of hydrogen-bond donors (Lipinski definition) is 1. The molecule has 0 aliphatic carbocycles. The molecule has 0 bridgehead atoms. The average molecular weight is 202 g/mol. The molecule has 3 nitrogen and oxygen atoms in total. The van der Waals surface area contributed by atoms with Crippen LogP contribution >= 0.6 is 0 Å². The summed E-state index contributed by atoms with van der Waals surface area (Å²) in [6.45, 7) is 8.02. The Labute approximate surface area is 88.8 Å². The first-order valence-electron chi connectivity index (χ1n) is 5.77. The number of nitrogens with one attached hydrogen (secondary N) is 1. The smallest absolute Gasteiger partial charge is 0.0622 e. The number of hydrogen-bond acceptors (Lipinski definition) is 3. The summed E-state index contributed by atoms with van der Waals surface area (Å²) < 4.78 is 5.42. The van der Waals surface area contributed by atoms with Crippen molar-refractivity contribution < 1.29 is 4.74 Å². The minimum atomic E-state index is 0.645. The number of ether oxygens (including phenoxy) is 1. The Morgan fingerprint density at radius 2 is 2.14 bits per heavy atom. The molecule has 0 spiro atoms. The van der Waals surface area contributed by atoms with Gasteiger partial charge >= 0.3 is 0 Å². The van der Waals surface area contributed by atoms with E-state index in [1.165, 1.54) is 12.8 Å². The summed E-state index contributed by atoms with van der Waals surface area (Å²) in [6.07, 6.45) is 2.49. The second-order valence-corrected chi connectivity index (χ2v) is 3.46. The van der Waals surface area contributed by atoms with Gasteiger partial charge in [-0.15, -0.1) is 0 Å². The zero-order valence-electron chi connectivity index (χ0n) is 10.2. The SMILES string of the molecule is CC.CNCCCC1COCCN1C. The Bertz CT molecular complexity index is 120. The van der Waals surface area contributed by atoms with Crippen LogP contribution in [0.15, 0.2) is 0 Å². The largest absolute Gasteiger partial charge is 0.378 e. The van der Waals surface area contributed by atoms with Crippen molar-refractivity contribution in [2.45, 2.75) is 32.7 Å². The Morgan fingerprint density at radius 1 is 1.43 bits per heavy atom. The standard InChI is InChI=1S/C9H20N2O.C2H6/c1-10-5-3-4-9-8-12-7-6-11(9)2;1-2/h9-10H,3-8H2,1-2H3;1-2H3. The van der Waals surface area contributed by atoms with E-state index in [1.807, 2.05) is 20.9 Å². The molecule has 0 radical (unpaired) electrons. The van der Waals surface area contributed by atoms with Gasteiger partial charge in [-0.2, -0.15) is 0 Å². The maximum atomic E-state index is 5.42. The first kappa shape index (κ1) is 13.9. The van der Waals surface area contributed by atoms with Crippen molar-refractivity contribution in [3.05, 3.63) is 0 Å². The highest BCUT2D eigenvalue weighted by Crippen LogP contribution is 2.09. The molecule has 0 saturated carbocycles. The zero-order chi connectivity index (χ0) is 10.8. The molecule has 1 unspecified atom stereocenters. The first-order valence-corrected chi connectivity index (χ1v) is 5.77. The lowest BCUT2D eigenvalue weighted by atomic mass is 10.1. The van der Waals surface area contributed by atoms with Crippen LogP contribution in [-0.4, -0.2) is 51.3 Å². The minimum Gasteiger partial charge on any atom is -0.378 e. The normalized spacial score (nSPS) is 22.7. The molecule has 1 saturated heterocycles. The van der Waals surface area contributed by atoms with Crippen LogP contribution in [0.5, 0.6) is 0 Å². The first-order chi connectivity index (χ1) is 6.84. The molecule has 1 N–H and O–H groups in total. The Kier molecular flexibility index (Phi) is 9.35. The molecule has 1 heterocycles. The fourth-order valence-corrected chi connectivity index (χ4v) is 1.56. The van der Waals surface area contributed by atoms with E-state index in [0.717, 1.165) is 26.3 Å². The predicted octanol–water partition coefficient (Wildman–Crippen LogP) is 1.34. The van der Waals surface area contributed by atoms with Crippen LogP contribution in [0.2, 0.25) is 0 Å².